The van der Waals surface area contributed by atoms with Gasteiger partial charge in [-0.3, -0.25) is 0 Å². The topological polar surface area (TPSA) is 35.8 Å². The van der Waals surface area contributed by atoms with E-state index in [0.717, 1.165) is 20.2 Å². The van der Waals surface area contributed by atoms with Crippen molar-refractivity contribution in [3.8, 4) is 6.07 Å². The van der Waals surface area contributed by atoms with E-state index in [9.17, 15) is 0 Å². The Morgan fingerprint density at radius 3 is 2.37 bits per heavy atom. The molecule has 4 heteroatoms. The van der Waals surface area contributed by atoms with Gasteiger partial charge in [0.15, 0.2) is 0 Å². The van der Waals surface area contributed by atoms with Crippen LogP contribution in [0.3, 0.4) is 0 Å². The van der Waals surface area contributed by atoms with Crippen LogP contribution in [0.4, 0.5) is 5.69 Å². The summed E-state index contributed by atoms with van der Waals surface area (Å²) in [5.74, 6) is 0. The van der Waals surface area contributed by atoms with E-state index in [4.69, 9.17) is 5.26 Å². The zero-order valence-corrected chi connectivity index (χ0v) is 13.5. The standard InChI is InChI=1S/C15H12Br2N2/c1-10(12-5-2-4-11(8-12)9-18)19-15-13(16)6-3-7-14(15)17/h2-8,10,19H,1H3. The van der Waals surface area contributed by atoms with Gasteiger partial charge >= 0.3 is 0 Å². The van der Waals surface area contributed by atoms with E-state index in [-0.39, 0.29) is 6.04 Å². The lowest BCUT2D eigenvalue weighted by Crippen LogP contribution is -2.07. The highest BCUT2D eigenvalue weighted by molar-refractivity contribution is 9.11. The third kappa shape index (κ3) is 3.37. The lowest BCUT2D eigenvalue weighted by Gasteiger charge is -2.18. The highest BCUT2D eigenvalue weighted by atomic mass is 79.9. The maximum absolute atomic E-state index is 8.94. The van der Waals surface area contributed by atoms with Gasteiger partial charge in [0.2, 0.25) is 0 Å². The average molecular weight is 380 g/mol. The minimum absolute atomic E-state index is 0.114. The molecule has 2 aromatic carbocycles. The summed E-state index contributed by atoms with van der Waals surface area (Å²) in [7, 11) is 0. The van der Waals surface area contributed by atoms with Crippen molar-refractivity contribution in [1.82, 2.24) is 0 Å². The summed E-state index contributed by atoms with van der Waals surface area (Å²) in [5, 5.41) is 12.4. The largest absolute Gasteiger partial charge is 0.377 e. The predicted molar refractivity (Wildman–Crippen MR) is 85.0 cm³/mol. The van der Waals surface area contributed by atoms with Crippen LogP contribution in [-0.4, -0.2) is 0 Å². The molecule has 0 aliphatic heterocycles. The minimum Gasteiger partial charge on any atom is -0.377 e. The average Bonchev–Trinajstić information content (AvgIpc) is 2.43. The van der Waals surface area contributed by atoms with E-state index in [0.29, 0.717) is 5.56 Å². The second kappa shape index (κ2) is 6.23. The second-order valence-corrected chi connectivity index (χ2v) is 5.91. The molecule has 0 saturated carbocycles. The molecule has 0 heterocycles. The molecule has 0 saturated heterocycles. The fourth-order valence-corrected chi connectivity index (χ4v) is 3.04. The molecule has 19 heavy (non-hydrogen) atoms. The Hall–Kier alpha value is -1.31. The Morgan fingerprint density at radius 1 is 1.11 bits per heavy atom. The molecule has 96 valence electrons. The first-order valence-electron chi connectivity index (χ1n) is 5.82. The Kier molecular flexibility index (Phi) is 4.62. The van der Waals surface area contributed by atoms with E-state index >= 15 is 0 Å². The molecule has 1 N–H and O–H groups in total. The first kappa shape index (κ1) is 14.1. The third-order valence-corrected chi connectivity index (χ3v) is 4.16. The fourth-order valence-electron chi connectivity index (χ4n) is 1.81. The van der Waals surface area contributed by atoms with Crippen LogP contribution < -0.4 is 5.32 Å². The summed E-state index contributed by atoms with van der Waals surface area (Å²) in [5.41, 5.74) is 2.77. The van der Waals surface area contributed by atoms with Crippen LogP contribution in [0.1, 0.15) is 24.1 Å². The van der Waals surface area contributed by atoms with Crippen molar-refractivity contribution in [2.75, 3.05) is 5.32 Å². The first-order chi connectivity index (χ1) is 9.11. The zero-order chi connectivity index (χ0) is 13.8. The van der Waals surface area contributed by atoms with Gasteiger partial charge in [0.05, 0.1) is 17.3 Å². The van der Waals surface area contributed by atoms with Crippen LogP contribution in [0.15, 0.2) is 51.4 Å². The number of halogens is 2. The monoisotopic (exact) mass is 378 g/mol. The summed E-state index contributed by atoms with van der Waals surface area (Å²) < 4.78 is 2.01. The summed E-state index contributed by atoms with van der Waals surface area (Å²) >= 11 is 7.06. The third-order valence-electron chi connectivity index (χ3n) is 2.84. The number of anilines is 1. The Balaban J connectivity index is 2.26. The molecule has 0 aliphatic carbocycles. The Bertz CT molecular complexity index is 612. The molecular weight excluding hydrogens is 368 g/mol. The van der Waals surface area contributed by atoms with Crippen molar-refractivity contribution in [1.29, 1.82) is 5.26 Å². The number of nitriles is 1. The van der Waals surface area contributed by atoms with Gasteiger partial charge in [0, 0.05) is 15.0 Å². The Morgan fingerprint density at radius 2 is 1.74 bits per heavy atom. The number of para-hydroxylation sites is 1. The first-order valence-corrected chi connectivity index (χ1v) is 7.41. The van der Waals surface area contributed by atoms with E-state index in [1.54, 1.807) is 0 Å². The summed E-state index contributed by atoms with van der Waals surface area (Å²) in [4.78, 5) is 0. The second-order valence-electron chi connectivity index (χ2n) is 4.20. The molecular formula is C15H12Br2N2. The van der Waals surface area contributed by atoms with Gasteiger partial charge in [-0.25, -0.2) is 0 Å². The number of hydrogen-bond donors (Lipinski definition) is 1. The maximum atomic E-state index is 8.94. The Labute approximate surface area is 129 Å². The molecule has 1 unspecified atom stereocenters. The van der Waals surface area contributed by atoms with Crippen molar-refractivity contribution in [2.24, 2.45) is 0 Å². The number of nitrogens with zero attached hydrogens (tertiary/aromatic N) is 1. The predicted octanol–water partition coefficient (Wildman–Crippen LogP) is 5.26. The summed E-state index contributed by atoms with van der Waals surface area (Å²) in [6.45, 7) is 2.07. The molecule has 0 radical (unpaired) electrons. The van der Waals surface area contributed by atoms with E-state index < -0.39 is 0 Å². The molecule has 0 fully saturated rings. The lowest BCUT2D eigenvalue weighted by atomic mass is 10.1. The lowest BCUT2D eigenvalue weighted by molar-refractivity contribution is 0.881. The van der Waals surface area contributed by atoms with Crippen molar-refractivity contribution in [3.63, 3.8) is 0 Å². The van der Waals surface area contributed by atoms with Gasteiger partial charge < -0.3 is 5.32 Å². The minimum atomic E-state index is 0.114. The highest BCUT2D eigenvalue weighted by Gasteiger charge is 2.10. The highest BCUT2D eigenvalue weighted by Crippen LogP contribution is 2.33. The molecule has 2 rings (SSSR count). The van der Waals surface area contributed by atoms with E-state index in [1.807, 2.05) is 42.5 Å². The van der Waals surface area contributed by atoms with Crippen LogP contribution in [-0.2, 0) is 0 Å². The van der Waals surface area contributed by atoms with Gasteiger partial charge in [-0.1, -0.05) is 18.2 Å². The SMILES string of the molecule is CC(Nc1c(Br)cccc1Br)c1cccc(C#N)c1. The molecule has 0 aromatic heterocycles. The van der Waals surface area contributed by atoms with Crippen LogP contribution >= 0.6 is 31.9 Å². The normalized spacial score (nSPS) is 11.7. The van der Waals surface area contributed by atoms with Gasteiger partial charge in [0.1, 0.15) is 0 Å². The maximum Gasteiger partial charge on any atom is 0.0991 e. The quantitative estimate of drug-likeness (QED) is 0.789. The van der Waals surface area contributed by atoms with Crippen molar-refractivity contribution in [2.45, 2.75) is 13.0 Å². The van der Waals surface area contributed by atoms with Gasteiger partial charge in [-0.05, 0) is 68.6 Å². The van der Waals surface area contributed by atoms with E-state index in [1.165, 1.54) is 0 Å². The van der Waals surface area contributed by atoms with Crippen molar-refractivity contribution in [3.05, 3.63) is 62.5 Å². The van der Waals surface area contributed by atoms with E-state index in [2.05, 4.69) is 50.2 Å². The number of rotatable bonds is 3. The van der Waals surface area contributed by atoms with Crippen LogP contribution in [0, 0.1) is 11.3 Å². The summed E-state index contributed by atoms with van der Waals surface area (Å²) in [6.07, 6.45) is 0. The smallest absolute Gasteiger partial charge is 0.0991 e. The molecule has 2 aromatic rings. The molecule has 2 nitrogen and oxygen atoms in total. The van der Waals surface area contributed by atoms with Crippen LogP contribution in [0.2, 0.25) is 0 Å². The van der Waals surface area contributed by atoms with Crippen molar-refractivity contribution >= 4 is 37.5 Å². The number of hydrogen-bond acceptors (Lipinski definition) is 2. The number of benzene rings is 2. The van der Waals surface area contributed by atoms with Crippen LogP contribution in [0.5, 0.6) is 0 Å². The molecule has 0 aliphatic rings. The summed E-state index contributed by atoms with van der Waals surface area (Å²) in [6, 6.07) is 15.9. The molecule has 0 spiro atoms. The molecule has 0 bridgehead atoms. The van der Waals surface area contributed by atoms with Crippen molar-refractivity contribution < 1.29 is 0 Å². The molecule has 1 atom stereocenters. The van der Waals surface area contributed by atoms with Gasteiger partial charge in [-0.15, -0.1) is 0 Å². The number of nitrogens with one attached hydrogen (secondary N) is 1. The van der Waals surface area contributed by atoms with Gasteiger partial charge in [0.25, 0.3) is 0 Å². The van der Waals surface area contributed by atoms with Crippen LogP contribution in [0.25, 0.3) is 0 Å². The molecule has 0 amide bonds. The zero-order valence-electron chi connectivity index (χ0n) is 10.3. The van der Waals surface area contributed by atoms with Gasteiger partial charge in [-0.2, -0.15) is 5.26 Å². The fraction of sp³-hybridized carbons (Fsp3) is 0.133.